The minimum atomic E-state index is -0.684. The highest BCUT2D eigenvalue weighted by atomic mass is 35.5. The summed E-state index contributed by atoms with van der Waals surface area (Å²) in [4.78, 5) is 38.4. The number of ether oxygens (including phenoxy) is 3. The maximum atomic E-state index is 12.5. The summed E-state index contributed by atoms with van der Waals surface area (Å²) in [5, 5.41) is 0.315. The number of halogens is 1. The van der Waals surface area contributed by atoms with Crippen LogP contribution in [-0.4, -0.2) is 45.0 Å². The van der Waals surface area contributed by atoms with Crippen LogP contribution in [0.3, 0.4) is 0 Å². The number of esters is 1. The van der Waals surface area contributed by atoms with Crippen molar-refractivity contribution in [3.63, 3.8) is 0 Å². The molecule has 1 amide bonds. The fraction of sp³-hybridized carbons (Fsp3) is 0.286. The Bertz CT molecular complexity index is 930. The molecule has 0 unspecified atom stereocenters. The first kappa shape index (κ1) is 20.7. The van der Waals surface area contributed by atoms with Gasteiger partial charge in [-0.3, -0.25) is 14.4 Å². The molecule has 1 heterocycles. The molecule has 2 aromatic carbocycles. The average molecular weight is 418 g/mol. The largest absolute Gasteiger partial charge is 0.495 e. The van der Waals surface area contributed by atoms with Gasteiger partial charge in [-0.15, -0.1) is 0 Å². The van der Waals surface area contributed by atoms with Crippen LogP contribution in [0.1, 0.15) is 16.8 Å². The number of benzene rings is 2. The van der Waals surface area contributed by atoms with E-state index < -0.39 is 11.9 Å². The lowest BCUT2D eigenvalue weighted by Gasteiger charge is -2.20. The smallest absolute Gasteiger partial charge is 0.311 e. The Morgan fingerprint density at radius 1 is 1.10 bits per heavy atom. The third-order valence-corrected chi connectivity index (χ3v) is 4.94. The number of amides is 1. The van der Waals surface area contributed by atoms with Crippen molar-refractivity contribution in [2.75, 3.05) is 32.3 Å². The van der Waals surface area contributed by atoms with Crippen LogP contribution < -0.4 is 14.4 Å². The molecule has 1 saturated heterocycles. The van der Waals surface area contributed by atoms with Crippen LogP contribution in [0.25, 0.3) is 0 Å². The van der Waals surface area contributed by atoms with E-state index in [1.165, 1.54) is 19.1 Å². The normalized spacial score (nSPS) is 15.9. The SMILES string of the molecule is COc1cc(OC)c(N2C[C@H](C(=O)OCC(=O)c3ccccc3)CC2=O)cc1Cl. The zero-order valence-corrected chi connectivity index (χ0v) is 16.8. The van der Waals surface area contributed by atoms with Gasteiger partial charge in [0.1, 0.15) is 11.5 Å². The Morgan fingerprint density at radius 3 is 2.45 bits per heavy atom. The van der Waals surface area contributed by atoms with Crippen molar-refractivity contribution in [2.45, 2.75) is 6.42 Å². The van der Waals surface area contributed by atoms with Crippen LogP contribution >= 0.6 is 11.6 Å². The standard InChI is InChI=1S/C21H20ClNO6/c1-27-18-10-19(28-2)16(9-15(18)22)23-11-14(8-20(23)25)21(26)29-12-17(24)13-6-4-3-5-7-13/h3-7,9-10,14H,8,11-12H2,1-2H3/t14-/m1/s1. The number of carbonyl (C=O) groups excluding carboxylic acids is 3. The molecular formula is C21H20ClNO6. The average Bonchev–Trinajstić information content (AvgIpc) is 3.13. The Kier molecular flexibility index (Phi) is 6.39. The highest BCUT2D eigenvalue weighted by Gasteiger charge is 2.37. The van der Waals surface area contributed by atoms with Gasteiger partial charge in [0.25, 0.3) is 0 Å². The van der Waals surface area contributed by atoms with Crippen molar-refractivity contribution in [3.05, 3.63) is 53.1 Å². The molecule has 0 radical (unpaired) electrons. The van der Waals surface area contributed by atoms with Crippen LogP contribution in [0.5, 0.6) is 11.5 Å². The summed E-state index contributed by atoms with van der Waals surface area (Å²) in [6.07, 6.45) is -0.0227. The van der Waals surface area contributed by atoms with Crippen molar-refractivity contribution in [2.24, 2.45) is 5.92 Å². The van der Waals surface area contributed by atoms with E-state index in [-0.39, 0.29) is 31.3 Å². The highest BCUT2D eigenvalue weighted by Crippen LogP contribution is 2.40. The first-order chi connectivity index (χ1) is 13.9. The lowest BCUT2D eigenvalue weighted by Crippen LogP contribution is -2.27. The summed E-state index contributed by atoms with van der Waals surface area (Å²) in [7, 11) is 2.94. The zero-order valence-electron chi connectivity index (χ0n) is 16.0. The van der Waals surface area contributed by atoms with Gasteiger partial charge in [-0.1, -0.05) is 41.9 Å². The van der Waals surface area contributed by atoms with Gasteiger partial charge >= 0.3 is 5.97 Å². The molecule has 0 spiro atoms. The molecule has 0 aromatic heterocycles. The predicted octanol–water partition coefficient (Wildman–Crippen LogP) is 3.14. The Balaban J connectivity index is 1.68. The second kappa shape index (κ2) is 8.96. The number of carbonyl (C=O) groups is 3. The summed E-state index contributed by atoms with van der Waals surface area (Å²) in [6.45, 7) is -0.262. The van der Waals surface area contributed by atoms with Crippen LogP contribution in [0.15, 0.2) is 42.5 Å². The summed E-state index contributed by atoms with van der Waals surface area (Å²) in [5.74, 6) is -1.04. The Labute approximate surface area is 173 Å². The number of hydrogen-bond acceptors (Lipinski definition) is 6. The van der Waals surface area contributed by atoms with E-state index in [2.05, 4.69) is 0 Å². The van der Waals surface area contributed by atoms with Gasteiger partial charge < -0.3 is 19.1 Å². The third kappa shape index (κ3) is 4.51. The van der Waals surface area contributed by atoms with E-state index in [9.17, 15) is 14.4 Å². The van der Waals surface area contributed by atoms with E-state index in [1.54, 1.807) is 42.5 Å². The molecule has 1 aliphatic heterocycles. The molecular weight excluding hydrogens is 398 g/mol. The second-order valence-electron chi connectivity index (χ2n) is 6.46. The molecule has 0 saturated carbocycles. The molecule has 3 rings (SSSR count). The van der Waals surface area contributed by atoms with E-state index in [0.29, 0.717) is 27.8 Å². The van der Waals surface area contributed by atoms with Gasteiger partial charge in [0.05, 0.1) is 30.8 Å². The quantitative estimate of drug-likeness (QED) is 0.508. The number of hydrogen-bond donors (Lipinski definition) is 0. The summed E-state index contributed by atoms with van der Waals surface area (Å²) in [5.41, 5.74) is 0.904. The van der Waals surface area contributed by atoms with Crippen molar-refractivity contribution in [1.29, 1.82) is 0 Å². The lowest BCUT2D eigenvalue weighted by atomic mass is 10.1. The van der Waals surface area contributed by atoms with Gasteiger partial charge in [0.15, 0.2) is 12.4 Å². The van der Waals surface area contributed by atoms with E-state index >= 15 is 0 Å². The molecule has 152 valence electrons. The fourth-order valence-electron chi connectivity index (χ4n) is 3.12. The molecule has 1 aliphatic rings. The molecule has 1 atom stereocenters. The van der Waals surface area contributed by atoms with Crippen LogP contribution in [0, 0.1) is 5.92 Å². The topological polar surface area (TPSA) is 82.1 Å². The maximum Gasteiger partial charge on any atom is 0.311 e. The van der Waals surface area contributed by atoms with E-state index in [0.717, 1.165) is 0 Å². The molecule has 0 aliphatic carbocycles. The number of Topliss-reactive ketones (excluding diaryl/α,β-unsaturated/α-hetero) is 1. The van der Waals surface area contributed by atoms with Gasteiger partial charge in [0.2, 0.25) is 5.91 Å². The first-order valence-corrected chi connectivity index (χ1v) is 9.29. The number of rotatable bonds is 7. The van der Waals surface area contributed by atoms with Crippen LogP contribution in [0.2, 0.25) is 5.02 Å². The minimum Gasteiger partial charge on any atom is -0.495 e. The monoisotopic (exact) mass is 417 g/mol. The maximum absolute atomic E-state index is 12.5. The third-order valence-electron chi connectivity index (χ3n) is 4.64. The predicted molar refractivity (Wildman–Crippen MR) is 107 cm³/mol. The van der Waals surface area contributed by atoms with E-state index in [1.807, 2.05) is 0 Å². The van der Waals surface area contributed by atoms with Crippen molar-refractivity contribution in [3.8, 4) is 11.5 Å². The molecule has 8 heteroatoms. The number of methoxy groups -OCH3 is 2. The first-order valence-electron chi connectivity index (χ1n) is 8.91. The van der Waals surface area contributed by atoms with Gasteiger partial charge in [-0.2, -0.15) is 0 Å². The molecule has 1 fully saturated rings. The number of nitrogens with zero attached hydrogens (tertiary/aromatic N) is 1. The van der Waals surface area contributed by atoms with Crippen molar-refractivity contribution >= 4 is 34.9 Å². The molecule has 29 heavy (non-hydrogen) atoms. The molecule has 0 N–H and O–H groups in total. The van der Waals surface area contributed by atoms with Crippen molar-refractivity contribution < 1.29 is 28.6 Å². The van der Waals surface area contributed by atoms with E-state index in [4.69, 9.17) is 25.8 Å². The molecule has 2 aromatic rings. The second-order valence-corrected chi connectivity index (χ2v) is 6.87. The molecule has 7 nitrogen and oxygen atoms in total. The summed E-state index contributed by atoms with van der Waals surface area (Å²) < 4.78 is 15.6. The van der Waals surface area contributed by atoms with Crippen molar-refractivity contribution in [1.82, 2.24) is 0 Å². The van der Waals surface area contributed by atoms with Gasteiger partial charge in [0, 0.05) is 24.6 Å². The number of anilines is 1. The number of ketones is 1. The molecule has 0 bridgehead atoms. The summed E-state index contributed by atoms with van der Waals surface area (Å²) >= 11 is 6.18. The highest BCUT2D eigenvalue weighted by molar-refractivity contribution is 6.32. The zero-order chi connectivity index (χ0) is 21.0. The lowest BCUT2D eigenvalue weighted by molar-refractivity contribution is -0.147. The minimum absolute atomic E-state index is 0.0227. The van der Waals surface area contributed by atoms with Crippen LogP contribution in [-0.2, 0) is 14.3 Å². The Hall–Kier alpha value is -3.06. The van der Waals surface area contributed by atoms with Gasteiger partial charge in [-0.25, -0.2) is 0 Å². The summed E-state index contributed by atoms with van der Waals surface area (Å²) in [6, 6.07) is 11.7. The van der Waals surface area contributed by atoms with Crippen LogP contribution in [0.4, 0.5) is 5.69 Å². The fourth-order valence-corrected chi connectivity index (χ4v) is 3.35. The van der Waals surface area contributed by atoms with Gasteiger partial charge in [-0.05, 0) is 6.07 Å². The Morgan fingerprint density at radius 2 is 1.79 bits per heavy atom.